The lowest BCUT2D eigenvalue weighted by Crippen LogP contribution is -2.45. The van der Waals surface area contributed by atoms with Crippen LogP contribution in [0.25, 0.3) is 0 Å². The molecule has 0 aromatic heterocycles. The number of hydrogen-bond donors (Lipinski definition) is 1. The van der Waals surface area contributed by atoms with Gasteiger partial charge >= 0.3 is 0 Å². The van der Waals surface area contributed by atoms with Gasteiger partial charge in [-0.3, -0.25) is 4.79 Å². The summed E-state index contributed by atoms with van der Waals surface area (Å²) in [6.07, 6.45) is 21.0. The van der Waals surface area contributed by atoms with Crippen molar-refractivity contribution in [2.75, 3.05) is 0 Å². The van der Waals surface area contributed by atoms with Crippen LogP contribution < -0.4 is 5.32 Å². The van der Waals surface area contributed by atoms with Crippen LogP contribution in [0, 0.1) is 0 Å². The number of hydrogen-bond acceptors (Lipinski definition) is 1. The molecule has 0 aromatic carbocycles. The van der Waals surface area contributed by atoms with Crippen LogP contribution >= 0.6 is 0 Å². The monoisotopic (exact) mass is 387 g/mol. The lowest BCUT2D eigenvalue weighted by Gasteiger charge is -2.33. The maximum atomic E-state index is 13.0. The van der Waals surface area contributed by atoms with E-state index in [0.717, 1.165) is 27.9 Å². The van der Waals surface area contributed by atoms with E-state index in [-0.39, 0.29) is 5.91 Å². The Kier molecular flexibility index (Phi) is 9.08. The first kappa shape index (κ1) is 23.9. The topological polar surface area (TPSA) is 29.1 Å². The second-order valence-corrected chi connectivity index (χ2v) is 6.91. The highest BCUT2D eigenvalue weighted by Crippen LogP contribution is 2.43. The average Bonchev–Trinajstić information content (AvgIpc) is 2.99. The summed E-state index contributed by atoms with van der Waals surface area (Å²) in [6, 6.07) is 0. The van der Waals surface area contributed by atoms with Gasteiger partial charge in [-0.15, -0.1) is 0 Å². The summed E-state index contributed by atoms with van der Waals surface area (Å²) in [5.41, 5.74) is 4.80. The minimum absolute atomic E-state index is 0.134. The minimum atomic E-state index is -0.794. The van der Waals surface area contributed by atoms with Crippen molar-refractivity contribution < 1.29 is 4.79 Å². The molecule has 1 rings (SSSR count). The highest BCUT2D eigenvalue weighted by atomic mass is 16.2. The predicted molar refractivity (Wildman–Crippen MR) is 127 cm³/mol. The van der Waals surface area contributed by atoms with E-state index in [1.807, 2.05) is 65.0 Å². The van der Waals surface area contributed by atoms with Gasteiger partial charge in [-0.1, -0.05) is 91.6 Å². The minimum Gasteiger partial charge on any atom is -0.335 e. The van der Waals surface area contributed by atoms with Crippen molar-refractivity contribution in [2.45, 2.75) is 40.2 Å². The number of carbonyl (C=O) groups is 1. The van der Waals surface area contributed by atoms with Gasteiger partial charge in [0.05, 0.1) is 0 Å². The molecule has 0 spiro atoms. The number of carbonyl (C=O) groups excluding carboxylic acids is 1. The van der Waals surface area contributed by atoms with Crippen LogP contribution in [-0.4, -0.2) is 11.4 Å². The SMILES string of the molecule is C=C/C=C1/C(=O)NC(/C(C)=C/C=C(/C)C=C)(C(/C=C\C(C)=C/C)=C/C)/C1=C/C=C. The van der Waals surface area contributed by atoms with Gasteiger partial charge in [0, 0.05) is 5.57 Å². The van der Waals surface area contributed by atoms with Crippen molar-refractivity contribution in [1.82, 2.24) is 5.32 Å². The van der Waals surface area contributed by atoms with Crippen molar-refractivity contribution in [3.05, 3.63) is 120 Å². The third-order valence-corrected chi connectivity index (χ3v) is 5.04. The summed E-state index contributed by atoms with van der Waals surface area (Å²) in [6.45, 7) is 21.5. The molecule has 1 aliphatic rings. The van der Waals surface area contributed by atoms with Gasteiger partial charge in [0.2, 0.25) is 0 Å². The van der Waals surface area contributed by atoms with E-state index in [0.29, 0.717) is 5.57 Å². The number of rotatable bonds is 8. The first-order valence-corrected chi connectivity index (χ1v) is 9.76. The molecule has 0 saturated carbocycles. The van der Waals surface area contributed by atoms with Gasteiger partial charge < -0.3 is 5.32 Å². The van der Waals surface area contributed by atoms with Crippen LogP contribution in [-0.2, 0) is 4.79 Å². The molecule has 1 saturated heterocycles. The number of amides is 1. The Labute approximate surface area is 176 Å². The molecule has 2 heteroatoms. The molecule has 152 valence electrons. The first-order chi connectivity index (χ1) is 13.8. The zero-order valence-electron chi connectivity index (χ0n) is 18.4. The fraction of sp³-hybridized carbons (Fsp3) is 0.222. The summed E-state index contributed by atoms with van der Waals surface area (Å²) in [5, 5.41) is 3.24. The van der Waals surface area contributed by atoms with E-state index >= 15 is 0 Å². The van der Waals surface area contributed by atoms with Crippen LogP contribution in [0.4, 0.5) is 0 Å². The molecular weight excluding hydrogens is 354 g/mol. The Morgan fingerprint density at radius 1 is 0.897 bits per heavy atom. The van der Waals surface area contributed by atoms with Gasteiger partial charge in [0.1, 0.15) is 5.54 Å². The molecule has 0 aromatic rings. The second-order valence-electron chi connectivity index (χ2n) is 6.91. The van der Waals surface area contributed by atoms with Crippen LogP contribution in [0.1, 0.15) is 34.6 Å². The van der Waals surface area contributed by atoms with E-state index in [2.05, 4.69) is 37.2 Å². The molecule has 1 unspecified atom stereocenters. The van der Waals surface area contributed by atoms with E-state index < -0.39 is 5.54 Å². The maximum absolute atomic E-state index is 13.0. The van der Waals surface area contributed by atoms with Crippen LogP contribution in [0.15, 0.2) is 120 Å². The summed E-state index contributed by atoms with van der Waals surface area (Å²) in [7, 11) is 0. The predicted octanol–water partition coefficient (Wildman–Crippen LogP) is 6.63. The molecule has 29 heavy (non-hydrogen) atoms. The second kappa shape index (κ2) is 11.0. The lowest BCUT2D eigenvalue weighted by atomic mass is 9.75. The standard InChI is InChI=1S/C27H33NO/c1-9-14-24-25(15-10-2)27(28-26(24)29,22(8)18-16-20(6)11-3)23(13-5)19-17-21(7)12-4/h9-19H,1-3H2,4-8H3,(H,28,29)/b19-17-,20-16-,21-12-,22-18+,23-13+,24-14+,25-15+. The largest absolute Gasteiger partial charge is 0.335 e. The van der Waals surface area contributed by atoms with E-state index in [4.69, 9.17) is 0 Å². The van der Waals surface area contributed by atoms with Crippen molar-refractivity contribution in [1.29, 1.82) is 0 Å². The molecule has 1 heterocycles. The smallest absolute Gasteiger partial charge is 0.252 e. The van der Waals surface area contributed by atoms with Gasteiger partial charge in [-0.25, -0.2) is 0 Å². The highest BCUT2D eigenvalue weighted by molar-refractivity contribution is 6.05. The molecule has 1 fully saturated rings. The third-order valence-electron chi connectivity index (χ3n) is 5.04. The number of nitrogens with one attached hydrogen (secondary N) is 1. The van der Waals surface area contributed by atoms with Crippen LogP contribution in [0.3, 0.4) is 0 Å². The molecule has 1 aliphatic heterocycles. The average molecular weight is 388 g/mol. The summed E-state index contributed by atoms with van der Waals surface area (Å²) in [4.78, 5) is 13.0. The van der Waals surface area contributed by atoms with Crippen LogP contribution in [0.5, 0.6) is 0 Å². The Morgan fingerprint density at radius 3 is 2.07 bits per heavy atom. The van der Waals surface area contributed by atoms with Gasteiger partial charge in [0.25, 0.3) is 5.91 Å². The molecule has 1 atom stereocenters. The zero-order valence-corrected chi connectivity index (χ0v) is 18.4. The quantitative estimate of drug-likeness (QED) is 0.368. The first-order valence-electron chi connectivity index (χ1n) is 9.76. The van der Waals surface area contributed by atoms with Gasteiger partial charge in [-0.05, 0) is 57.4 Å². The van der Waals surface area contributed by atoms with Gasteiger partial charge in [0.15, 0.2) is 0 Å². The molecule has 0 aliphatic carbocycles. The fourth-order valence-electron chi connectivity index (χ4n) is 3.22. The molecule has 1 amide bonds. The summed E-state index contributed by atoms with van der Waals surface area (Å²) < 4.78 is 0. The van der Waals surface area contributed by atoms with E-state index in [1.54, 1.807) is 24.3 Å². The molecule has 0 radical (unpaired) electrons. The van der Waals surface area contributed by atoms with Crippen molar-refractivity contribution in [3.63, 3.8) is 0 Å². The van der Waals surface area contributed by atoms with Crippen molar-refractivity contribution in [2.24, 2.45) is 0 Å². The Morgan fingerprint density at radius 2 is 1.55 bits per heavy atom. The molecular formula is C27H33NO. The Balaban J connectivity index is 3.90. The van der Waals surface area contributed by atoms with Crippen molar-refractivity contribution in [3.8, 4) is 0 Å². The highest BCUT2D eigenvalue weighted by Gasteiger charge is 2.48. The molecule has 1 N–H and O–H groups in total. The van der Waals surface area contributed by atoms with Gasteiger partial charge in [-0.2, -0.15) is 0 Å². The maximum Gasteiger partial charge on any atom is 0.252 e. The Bertz CT molecular complexity index is 897. The summed E-state index contributed by atoms with van der Waals surface area (Å²) in [5.74, 6) is -0.134. The number of allylic oxidation sites excluding steroid dienone is 12. The normalized spacial score (nSPS) is 24.4. The molecule has 2 nitrogen and oxygen atoms in total. The van der Waals surface area contributed by atoms with Crippen molar-refractivity contribution >= 4 is 5.91 Å². The summed E-state index contributed by atoms with van der Waals surface area (Å²) >= 11 is 0. The molecule has 0 bridgehead atoms. The zero-order chi connectivity index (χ0) is 22.0. The van der Waals surface area contributed by atoms with E-state index in [1.165, 1.54) is 0 Å². The fourth-order valence-corrected chi connectivity index (χ4v) is 3.22. The van der Waals surface area contributed by atoms with E-state index in [9.17, 15) is 4.79 Å². The third kappa shape index (κ3) is 5.23. The van der Waals surface area contributed by atoms with Crippen LogP contribution in [0.2, 0.25) is 0 Å². The lowest BCUT2D eigenvalue weighted by molar-refractivity contribution is -0.116. The Hall–Kier alpha value is -3.13.